The van der Waals surface area contributed by atoms with Crippen LogP contribution >= 0.6 is 0 Å². The van der Waals surface area contributed by atoms with Crippen molar-refractivity contribution in [2.75, 3.05) is 13.3 Å². The summed E-state index contributed by atoms with van der Waals surface area (Å²) in [5.41, 5.74) is 0. The molecule has 0 aromatic rings. The third kappa shape index (κ3) is 17.2. The molecule has 0 aromatic carbocycles. The molecule has 0 bridgehead atoms. The average molecular weight is 431 g/mol. The zero-order valence-electron chi connectivity index (χ0n) is 20.4. The van der Waals surface area contributed by atoms with E-state index in [4.69, 9.17) is 0 Å². The van der Waals surface area contributed by atoms with Crippen LogP contribution in [0.2, 0.25) is 0 Å². The van der Waals surface area contributed by atoms with E-state index in [1.54, 1.807) is 0 Å². The number of Topliss-reactive ketones (excluding diaryl/α,β-unsaturated/α-hetero) is 1. The fourth-order valence-electron chi connectivity index (χ4n) is 4.33. The van der Waals surface area contributed by atoms with Crippen molar-refractivity contribution in [1.29, 1.82) is 0 Å². The second kappa shape index (κ2) is 23.2. The topological polar surface area (TPSA) is 17.1 Å². The number of hydrogen-bond donors (Lipinski definition) is 0. The number of hydrogen-bond acceptors (Lipinski definition) is 1. The highest BCUT2D eigenvalue weighted by atomic mass is 19.1. The van der Waals surface area contributed by atoms with Crippen molar-refractivity contribution in [1.82, 2.24) is 0 Å². The lowest BCUT2D eigenvalue weighted by molar-refractivity contribution is -0.128. The second-order valence-electron chi connectivity index (χ2n) is 9.34. The van der Waals surface area contributed by atoms with Crippen LogP contribution in [0, 0.1) is 11.8 Å². The Labute approximate surface area is 187 Å². The van der Waals surface area contributed by atoms with E-state index >= 15 is 0 Å². The zero-order chi connectivity index (χ0) is 22.3. The highest BCUT2D eigenvalue weighted by Crippen LogP contribution is 2.22. The third-order valence-corrected chi connectivity index (χ3v) is 6.49. The molecular weight excluding hydrogens is 378 g/mol. The van der Waals surface area contributed by atoms with E-state index in [1.807, 2.05) is 0 Å². The molecule has 0 saturated carbocycles. The molecule has 2 atom stereocenters. The minimum absolute atomic E-state index is 0.154. The van der Waals surface area contributed by atoms with Gasteiger partial charge in [0.2, 0.25) is 0 Å². The van der Waals surface area contributed by atoms with Crippen LogP contribution in [0.4, 0.5) is 8.78 Å². The first kappa shape index (κ1) is 29.5. The molecule has 0 fully saturated rings. The quantitative estimate of drug-likeness (QED) is 0.139. The van der Waals surface area contributed by atoms with Crippen molar-refractivity contribution < 1.29 is 13.6 Å². The Morgan fingerprint density at radius 2 is 0.767 bits per heavy atom. The van der Waals surface area contributed by atoms with Gasteiger partial charge in [-0.3, -0.25) is 13.6 Å². The van der Waals surface area contributed by atoms with E-state index in [1.165, 1.54) is 89.9 Å². The summed E-state index contributed by atoms with van der Waals surface area (Å²) in [7, 11) is 0. The number of unbranched alkanes of at least 4 members (excludes halogenated alkanes) is 16. The van der Waals surface area contributed by atoms with Crippen molar-refractivity contribution in [3.63, 3.8) is 0 Å². The van der Waals surface area contributed by atoms with E-state index in [2.05, 4.69) is 13.8 Å². The first-order valence-electron chi connectivity index (χ1n) is 13.4. The van der Waals surface area contributed by atoms with Gasteiger partial charge in [-0.15, -0.1) is 0 Å². The lowest BCUT2D eigenvalue weighted by Gasteiger charge is -2.18. The number of rotatable bonds is 24. The van der Waals surface area contributed by atoms with Gasteiger partial charge in [0.1, 0.15) is 5.78 Å². The molecule has 3 heteroatoms. The Morgan fingerprint density at radius 3 is 1.03 bits per heavy atom. The normalized spacial score (nSPS) is 13.5. The predicted molar refractivity (Wildman–Crippen MR) is 128 cm³/mol. The van der Waals surface area contributed by atoms with Crippen molar-refractivity contribution in [2.45, 2.75) is 142 Å². The van der Waals surface area contributed by atoms with Crippen LogP contribution in [-0.4, -0.2) is 19.1 Å². The predicted octanol–water partition coefficient (Wildman–Crippen LogP) is 9.57. The lowest BCUT2D eigenvalue weighted by atomic mass is 9.87. The van der Waals surface area contributed by atoms with E-state index in [0.717, 1.165) is 25.7 Å². The SMILES string of the molecule is CCCCCCCCCCCC(CF)C(=O)C(CF)CCCCCCCCCCC. The maximum absolute atomic E-state index is 13.4. The van der Waals surface area contributed by atoms with Gasteiger partial charge in [-0.05, 0) is 12.8 Å². The summed E-state index contributed by atoms with van der Waals surface area (Å²) < 4.78 is 26.9. The first-order chi connectivity index (χ1) is 14.7. The molecule has 0 spiro atoms. The minimum atomic E-state index is -0.621. The van der Waals surface area contributed by atoms with Crippen molar-refractivity contribution in [3.8, 4) is 0 Å². The van der Waals surface area contributed by atoms with Gasteiger partial charge in [-0.2, -0.15) is 0 Å². The second-order valence-corrected chi connectivity index (χ2v) is 9.34. The summed E-state index contributed by atoms with van der Waals surface area (Å²) in [6.45, 7) is 3.22. The molecule has 0 N–H and O–H groups in total. The monoisotopic (exact) mass is 430 g/mol. The van der Waals surface area contributed by atoms with Gasteiger partial charge in [-0.25, -0.2) is 0 Å². The molecule has 0 amide bonds. The van der Waals surface area contributed by atoms with Gasteiger partial charge in [0.25, 0.3) is 0 Å². The smallest absolute Gasteiger partial charge is 0.144 e. The summed E-state index contributed by atoms with van der Waals surface area (Å²) in [5.74, 6) is -1.30. The van der Waals surface area contributed by atoms with Crippen LogP contribution in [0.25, 0.3) is 0 Å². The van der Waals surface area contributed by atoms with Crippen molar-refractivity contribution in [3.05, 3.63) is 0 Å². The summed E-state index contributed by atoms with van der Waals surface area (Å²) in [4.78, 5) is 12.6. The highest BCUT2D eigenvalue weighted by Gasteiger charge is 2.26. The molecular formula is C27H52F2O. The molecule has 0 rings (SSSR count). The number of carbonyl (C=O) groups is 1. The number of halogens is 2. The zero-order valence-corrected chi connectivity index (χ0v) is 20.4. The molecule has 0 aliphatic heterocycles. The molecule has 1 nitrogen and oxygen atoms in total. The minimum Gasteiger partial charge on any atom is -0.299 e. The number of carbonyl (C=O) groups excluding carboxylic acids is 1. The maximum atomic E-state index is 13.4. The third-order valence-electron chi connectivity index (χ3n) is 6.49. The standard InChI is InChI=1S/C27H52F2O/c1-3-5-7-9-11-13-15-17-19-21-25(23-28)27(30)26(24-29)22-20-18-16-14-12-10-8-6-4-2/h25-26H,3-24H2,1-2H3. The largest absolute Gasteiger partial charge is 0.299 e. The molecule has 0 aliphatic rings. The Bertz CT molecular complexity index is 327. The summed E-state index contributed by atoms with van der Waals surface area (Å²) in [6.07, 6.45) is 23.0. The molecule has 0 aliphatic carbocycles. The summed E-state index contributed by atoms with van der Waals surface area (Å²) in [5, 5.41) is 0. The van der Waals surface area contributed by atoms with E-state index in [9.17, 15) is 13.6 Å². The molecule has 0 aromatic heterocycles. The van der Waals surface area contributed by atoms with Crippen molar-refractivity contribution in [2.24, 2.45) is 11.8 Å². The van der Waals surface area contributed by atoms with E-state index in [-0.39, 0.29) is 5.78 Å². The van der Waals surface area contributed by atoms with E-state index < -0.39 is 25.2 Å². The summed E-state index contributed by atoms with van der Waals surface area (Å²) >= 11 is 0. The first-order valence-corrected chi connectivity index (χ1v) is 13.4. The van der Waals surface area contributed by atoms with Gasteiger partial charge in [-0.1, -0.05) is 129 Å². The lowest BCUT2D eigenvalue weighted by Crippen LogP contribution is -2.26. The molecule has 180 valence electrons. The van der Waals surface area contributed by atoms with Crippen LogP contribution < -0.4 is 0 Å². The molecule has 0 saturated heterocycles. The molecule has 0 heterocycles. The van der Waals surface area contributed by atoms with Crippen LogP contribution in [-0.2, 0) is 4.79 Å². The van der Waals surface area contributed by atoms with Gasteiger partial charge in [0, 0.05) is 11.8 Å². The Kier molecular flexibility index (Phi) is 22.8. The Morgan fingerprint density at radius 1 is 0.500 bits per heavy atom. The van der Waals surface area contributed by atoms with Crippen molar-refractivity contribution >= 4 is 5.78 Å². The molecule has 30 heavy (non-hydrogen) atoms. The van der Waals surface area contributed by atoms with Gasteiger partial charge in [0.15, 0.2) is 0 Å². The van der Waals surface area contributed by atoms with Gasteiger partial charge < -0.3 is 0 Å². The van der Waals surface area contributed by atoms with Crippen LogP contribution in [0.5, 0.6) is 0 Å². The fraction of sp³-hybridized carbons (Fsp3) is 0.963. The Balaban J connectivity index is 3.83. The Hall–Kier alpha value is -0.470. The molecule has 2 unspecified atom stereocenters. The van der Waals surface area contributed by atoms with Crippen LogP contribution in [0.1, 0.15) is 142 Å². The maximum Gasteiger partial charge on any atom is 0.144 e. The number of alkyl halides is 2. The fourth-order valence-corrected chi connectivity index (χ4v) is 4.33. The van der Waals surface area contributed by atoms with Gasteiger partial charge >= 0.3 is 0 Å². The highest BCUT2D eigenvalue weighted by molar-refractivity contribution is 5.83. The summed E-state index contributed by atoms with van der Waals surface area (Å²) in [6, 6.07) is 0. The molecule has 0 radical (unpaired) electrons. The number of ketones is 1. The van der Waals surface area contributed by atoms with Gasteiger partial charge in [0.05, 0.1) is 13.3 Å². The average Bonchev–Trinajstić information content (AvgIpc) is 2.76. The van der Waals surface area contributed by atoms with Crippen LogP contribution in [0.3, 0.4) is 0 Å². The van der Waals surface area contributed by atoms with Crippen LogP contribution in [0.15, 0.2) is 0 Å². The van der Waals surface area contributed by atoms with E-state index in [0.29, 0.717) is 12.8 Å².